The topological polar surface area (TPSA) is 41.5 Å². The van der Waals surface area contributed by atoms with Crippen LogP contribution in [0.25, 0.3) is 0 Å². The largest absolute Gasteiger partial charge is 0.394 e. The first kappa shape index (κ1) is 12.7. The molecule has 2 rings (SSSR count). The van der Waals surface area contributed by atoms with Crippen LogP contribution in [-0.2, 0) is 4.74 Å². The fraction of sp³-hybridized carbons (Fsp3) is 0.538. The minimum absolute atomic E-state index is 0.0675. The molecule has 3 nitrogen and oxygen atoms in total. The maximum Gasteiger partial charge on any atom is 0.0865 e. The van der Waals surface area contributed by atoms with Gasteiger partial charge in [0.15, 0.2) is 0 Å². The van der Waals surface area contributed by atoms with Crippen molar-refractivity contribution in [3.8, 4) is 0 Å². The number of halogens is 1. The average molecular weight is 256 g/mol. The van der Waals surface area contributed by atoms with Crippen LogP contribution in [0.5, 0.6) is 0 Å². The summed E-state index contributed by atoms with van der Waals surface area (Å²) in [4.78, 5) is 0. The summed E-state index contributed by atoms with van der Waals surface area (Å²) in [6.07, 6.45) is 2.27. The van der Waals surface area contributed by atoms with Crippen LogP contribution < -0.4 is 5.32 Å². The first-order valence-corrected chi connectivity index (χ1v) is 6.21. The molecule has 4 heteroatoms. The van der Waals surface area contributed by atoms with Gasteiger partial charge >= 0.3 is 0 Å². The van der Waals surface area contributed by atoms with Crippen molar-refractivity contribution in [3.63, 3.8) is 0 Å². The van der Waals surface area contributed by atoms with E-state index in [2.05, 4.69) is 5.32 Å². The van der Waals surface area contributed by atoms with Gasteiger partial charge in [-0.2, -0.15) is 0 Å². The van der Waals surface area contributed by atoms with E-state index in [0.29, 0.717) is 17.5 Å². The molecule has 0 saturated heterocycles. The van der Waals surface area contributed by atoms with Gasteiger partial charge in [0.1, 0.15) is 0 Å². The number of rotatable bonds is 6. The Morgan fingerprint density at radius 3 is 2.82 bits per heavy atom. The van der Waals surface area contributed by atoms with E-state index in [1.807, 2.05) is 24.3 Å². The minimum atomic E-state index is -0.376. The van der Waals surface area contributed by atoms with E-state index in [9.17, 15) is 5.11 Å². The first-order chi connectivity index (χ1) is 8.20. The van der Waals surface area contributed by atoms with Crippen molar-refractivity contribution in [2.24, 2.45) is 5.92 Å². The van der Waals surface area contributed by atoms with Crippen LogP contribution in [0.2, 0.25) is 5.02 Å². The maximum atomic E-state index is 9.67. The Hall–Kier alpha value is -0.770. The molecule has 0 radical (unpaired) electrons. The Balaban J connectivity index is 2.16. The molecule has 1 aliphatic carbocycles. The lowest BCUT2D eigenvalue weighted by Crippen LogP contribution is -2.48. The summed E-state index contributed by atoms with van der Waals surface area (Å²) in [5.74, 6) is 0.478. The van der Waals surface area contributed by atoms with Crippen molar-refractivity contribution < 1.29 is 9.84 Å². The highest BCUT2D eigenvalue weighted by atomic mass is 35.5. The van der Waals surface area contributed by atoms with Gasteiger partial charge < -0.3 is 15.2 Å². The SMILES string of the molecule is COCC(CO)(Nc1cccc(Cl)c1)C1CC1. The maximum absolute atomic E-state index is 9.67. The van der Waals surface area contributed by atoms with Crippen LogP contribution >= 0.6 is 11.6 Å². The van der Waals surface area contributed by atoms with Crippen molar-refractivity contribution in [1.82, 2.24) is 0 Å². The fourth-order valence-corrected chi connectivity index (χ4v) is 2.41. The molecule has 94 valence electrons. The van der Waals surface area contributed by atoms with E-state index in [0.717, 1.165) is 18.5 Å². The van der Waals surface area contributed by atoms with E-state index in [-0.39, 0.29) is 12.1 Å². The lowest BCUT2D eigenvalue weighted by atomic mass is 9.94. The number of hydrogen-bond donors (Lipinski definition) is 2. The number of aliphatic hydroxyl groups is 1. The van der Waals surface area contributed by atoms with E-state index >= 15 is 0 Å². The molecule has 0 bridgehead atoms. The van der Waals surface area contributed by atoms with Gasteiger partial charge in [-0.1, -0.05) is 17.7 Å². The summed E-state index contributed by atoms with van der Waals surface area (Å²) in [6, 6.07) is 7.55. The molecule has 0 aromatic heterocycles. The lowest BCUT2D eigenvalue weighted by Gasteiger charge is -2.33. The Kier molecular flexibility index (Phi) is 3.92. The Bertz CT molecular complexity index is 381. The monoisotopic (exact) mass is 255 g/mol. The highest BCUT2D eigenvalue weighted by Gasteiger charge is 2.45. The normalized spacial score (nSPS) is 18.8. The van der Waals surface area contributed by atoms with Crippen LogP contribution in [0.3, 0.4) is 0 Å². The summed E-state index contributed by atoms with van der Waals surface area (Å²) < 4.78 is 5.25. The van der Waals surface area contributed by atoms with Gasteiger partial charge in [0.05, 0.1) is 18.8 Å². The third kappa shape index (κ3) is 2.92. The fourth-order valence-electron chi connectivity index (χ4n) is 2.22. The Labute approximate surface area is 107 Å². The number of methoxy groups -OCH3 is 1. The molecule has 1 atom stereocenters. The minimum Gasteiger partial charge on any atom is -0.394 e. The summed E-state index contributed by atoms with van der Waals surface area (Å²) in [6.45, 7) is 0.568. The second kappa shape index (κ2) is 5.25. The molecule has 17 heavy (non-hydrogen) atoms. The molecule has 1 aliphatic rings. The van der Waals surface area contributed by atoms with Crippen LogP contribution in [-0.4, -0.2) is 31.0 Å². The molecule has 1 aromatic rings. The molecule has 0 aliphatic heterocycles. The molecule has 1 aromatic carbocycles. The number of nitrogens with one attached hydrogen (secondary N) is 1. The number of anilines is 1. The number of aliphatic hydroxyl groups excluding tert-OH is 1. The van der Waals surface area contributed by atoms with Crippen molar-refractivity contribution in [3.05, 3.63) is 29.3 Å². The first-order valence-electron chi connectivity index (χ1n) is 5.84. The van der Waals surface area contributed by atoms with E-state index in [1.54, 1.807) is 7.11 Å². The van der Waals surface area contributed by atoms with Crippen LogP contribution in [0, 0.1) is 5.92 Å². The number of benzene rings is 1. The van der Waals surface area contributed by atoms with Crippen LogP contribution in [0.15, 0.2) is 24.3 Å². The molecule has 1 unspecified atom stereocenters. The molecule has 0 amide bonds. The quantitative estimate of drug-likeness (QED) is 0.821. The highest BCUT2D eigenvalue weighted by molar-refractivity contribution is 6.30. The van der Waals surface area contributed by atoms with E-state index in [4.69, 9.17) is 16.3 Å². The molecule has 0 spiro atoms. The third-order valence-corrected chi connectivity index (χ3v) is 3.50. The zero-order chi connectivity index (χ0) is 12.3. The van der Waals surface area contributed by atoms with Crippen LogP contribution in [0.1, 0.15) is 12.8 Å². The summed E-state index contributed by atoms with van der Waals surface area (Å²) in [7, 11) is 1.66. The van der Waals surface area contributed by atoms with Gasteiger partial charge in [-0.3, -0.25) is 0 Å². The number of ether oxygens (including phenoxy) is 1. The molecule has 1 fully saturated rings. The van der Waals surface area contributed by atoms with Gasteiger partial charge in [0.2, 0.25) is 0 Å². The predicted molar refractivity (Wildman–Crippen MR) is 69.5 cm³/mol. The van der Waals surface area contributed by atoms with Crippen molar-refractivity contribution in [1.29, 1.82) is 0 Å². The molecule has 1 saturated carbocycles. The molecule has 2 N–H and O–H groups in total. The van der Waals surface area contributed by atoms with Crippen molar-refractivity contribution in [2.45, 2.75) is 18.4 Å². The lowest BCUT2D eigenvalue weighted by molar-refractivity contribution is 0.0862. The van der Waals surface area contributed by atoms with Crippen molar-refractivity contribution in [2.75, 3.05) is 25.6 Å². The second-order valence-electron chi connectivity index (χ2n) is 4.66. The standard InChI is InChI=1S/C13H18ClNO2/c1-17-9-13(8-16,10-5-6-10)15-12-4-2-3-11(14)7-12/h2-4,7,10,15-16H,5-6,8-9H2,1H3. The molecule has 0 heterocycles. The van der Waals surface area contributed by atoms with E-state index < -0.39 is 0 Å². The van der Waals surface area contributed by atoms with Gasteiger partial charge in [-0.05, 0) is 37.0 Å². The van der Waals surface area contributed by atoms with Crippen LogP contribution in [0.4, 0.5) is 5.69 Å². The highest BCUT2D eigenvalue weighted by Crippen LogP contribution is 2.41. The van der Waals surface area contributed by atoms with Gasteiger partial charge in [0.25, 0.3) is 0 Å². The predicted octanol–water partition coefficient (Wildman–Crippen LogP) is 2.54. The summed E-state index contributed by atoms with van der Waals surface area (Å²) in [5.41, 5.74) is 0.551. The molecular formula is C13H18ClNO2. The zero-order valence-electron chi connectivity index (χ0n) is 9.95. The van der Waals surface area contributed by atoms with Gasteiger partial charge in [-0.15, -0.1) is 0 Å². The average Bonchev–Trinajstić information content (AvgIpc) is 3.12. The Morgan fingerprint density at radius 1 is 1.53 bits per heavy atom. The third-order valence-electron chi connectivity index (χ3n) is 3.26. The van der Waals surface area contributed by atoms with Gasteiger partial charge in [-0.25, -0.2) is 0 Å². The van der Waals surface area contributed by atoms with Gasteiger partial charge in [0, 0.05) is 17.8 Å². The second-order valence-corrected chi connectivity index (χ2v) is 5.09. The Morgan fingerprint density at radius 2 is 2.29 bits per heavy atom. The molecular weight excluding hydrogens is 238 g/mol. The van der Waals surface area contributed by atoms with Crippen molar-refractivity contribution >= 4 is 17.3 Å². The zero-order valence-corrected chi connectivity index (χ0v) is 10.7. The summed E-state index contributed by atoms with van der Waals surface area (Å²) >= 11 is 5.96. The smallest absolute Gasteiger partial charge is 0.0865 e. The number of hydrogen-bond acceptors (Lipinski definition) is 3. The summed E-state index contributed by atoms with van der Waals surface area (Å²) in [5, 5.41) is 13.7. The van der Waals surface area contributed by atoms with E-state index in [1.165, 1.54) is 0 Å².